The lowest BCUT2D eigenvalue weighted by atomic mass is 10.1. The summed E-state index contributed by atoms with van der Waals surface area (Å²) in [5, 5.41) is 10.3. The number of hydrogen-bond acceptors (Lipinski definition) is 2. The van der Waals surface area contributed by atoms with E-state index in [-0.39, 0.29) is 17.7 Å². The molecule has 2 aromatic carbocycles. The fourth-order valence-electron chi connectivity index (χ4n) is 2.70. The summed E-state index contributed by atoms with van der Waals surface area (Å²) < 4.78 is 1.62. The van der Waals surface area contributed by atoms with E-state index in [1.165, 1.54) is 0 Å². The number of carbonyl (C=O) groups is 1. The summed E-state index contributed by atoms with van der Waals surface area (Å²) in [5.41, 5.74) is 2.44. The second-order valence-corrected chi connectivity index (χ2v) is 5.23. The van der Waals surface area contributed by atoms with E-state index in [1.54, 1.807) is 34.9 Å². The molecule has 1 N–H and O–H groups in total. The Morgan fingerprint density at radius 2 is 1.77 bits per heavy atom. The maximum atomic E-state index is 12.4. The van der Waals surface area contributed by atoms with Gasteiger partial charge >= 0.3 is 5.97 Å². The van der Waals surface area contributed by atoms with Gasteiger partial charge < -0.3 is 9.67 Å². The van der Waals surface area contributed by atoms with Gasteiger partial charge in [-0.1, -0.05) is 36.4 Å². The molecule has 110 valence electrons. The van der Waals surface area contributed by atoms with Gasteiger partial charge in [0.1, 0.15) is 0 Å². The monoisotopic (exact) mass is 293 g/mol. The highest BCUT2D eigenvalue weighted by Gasteiger charge is 2.12. The highest BCUT2D eigenvalue weighted by molar-refractivity contribution is 5.89. The van der Waals surface area contributed by atoms with Crippen molar-refractivity contribution in [2.75, 3.05) is 0 Å². The highest BCUT2D eigenvalue weighted by atomic mass is 16.4. The Kier molecular flexibility index (Phi) is 3.51. The minimum Gasteiger partial charge on any atom is -0.478 e. The van der Waals surface area contributed by atoms with Crippen LogP contribution in [0.4, 0.5) is 0 Å². The van der Waals surface area contributed by atoms with E-state index in [0.717, 1.165) is 16.5 Å². The number of pyridine rings is 1. The molecule has 22 heavy (non-hydrogen) atoms. The molecule has 0 aliphatic carbocycles. The molecule has 0 radical (unpaired) electrons. The third-order valence-electron chi connectivity index (χ3n) is 3.80. The van der Waals surface area contributed by atoms with E-state index in [1.807, 2.05) is 31.2 Å². The van der Waals surface area contributed by atoms with Crippen LogP contribution in [0.15, 0.2) is 59.4 Å². The minimum atomic E-state index is -0.986. The molecule has 0 bridgehead atoms. The molecule has 0 aliphatic heterocycles. The SMILES string of the molecule is Cc1cc(=O)n(Cc2ccccc2C(=O)O)c2ccccc12. The number of aromatic nitrogens is 1. The molecule has 1 heterocycles. The number of carboxylic acid groups (broad SMARTS) is 1. The Morgan fingerprint density at radius 1 is 1.09 bits per heavy atom. The molecular weight excluding hydrogens is 278 g/mol. The maximum absolute atomic E-state index is 12.4. The first-order valence-electron chi connectivity index (χ1n) is 6.98. The number of fused-ring (bicyclic) bond motifs is 1. The molecule has 3 aromatic rings. The van der Waals surface area contributed by atoms with E-state index in [0.29, 0.717) is 5.56 Å². The molecule has 0 saturated carbocycles. The standard InChI is InChI=1S/C18H15NO3/c1-12-10-17(20)19(16-9-5-4-7-14(12)16)11-13-6-2-3-8-15(13)18(21)22/h2-10H,11H2,1H3,(H,21,22). The molecule has 4 heteroatoms. The van der Waals surface area contributed by atoms with Crippen LogP contribution in [0.5, 0.6) is 0 Å². The summed E-state index contributed by atoms with van der Waals surface area (Å²) in [6.07, 6.45) is 0. The third-order valence-corrected chi connectivity index (χ3v) is 3.80. The average molecular weight is 293 g/mol. The van der Waals surface area contributed by atoms with Gasteiger partial charge in [-0.25, -0.2) is 4.79 Å². The predicted octanol–water partition coefficient (Wildman–Crippen LogP) is 3.06. The van der Waals surface area contributed by atoms with Crippen LogP contribution in [0, 0.1) is 6.92 Å². The van der Waals surface area contributed by atoms with Crippen molar-refractivity contribution in [2.45, 2.75) is 13.5 Å². The van der Waals surface area contributed by atoms with Crippen LogP contribution in [-0.4, -0.2) is 15.6 Å². The van der Waals surface area contributed by atoms with Gasteiger partial charge in [0, 0.05) is 11.5 Å². The van der Waals surface area contributed by atoms with Crippen molar-refractivity contribution in [1.29, 1.82) is 0 Å². The number of hydrogen-bond donors (Lipinski definition) is 1. The molecule has 0 aliphatic rings. The predicted molar refractivity (Wildman–Crippen MR) is 85.4 cm³/mol. The lowest BCUT2D eigenvalue weighted by molar-refractivity contribution is 0.0695. The summed E-state index contributed by atoms with van der Waals surface area (Å²) in [5.74, 6) is -0.986. The first-order valence-corrected chi connectivity index (χ1v) is 6.98. The summed E-state index contributed by atoms with van der Waals surface area (Å²) in [7, 11) is 0. The lowest BCUT2D eigenvalue weighted by Crippen LogP contribution is -2.22. The van der Waals surface area contributed by atoms with E-state index in [2.05, 4.69) is 0 Å². The molecule has 4 nitrogen and oxygen atoms in total. The molecule has 0 fully saturated rings. The van der Waals surface area contributed by atoms with Crippen LogP contribution in [0.2, 0.25) is 0 Å². The Balaban J connectivity index is 2.21. The first kappa shape index (κ1) is 14.1. The van der Waals surface area contributed by atoms with E-state index < -0.39 is 5.97 Å². The lowest BCUT2D eigenvalue weighted by Gasteiger charge is -2.13. The van der Waals surface area contributed by atoms with Crippen molar-refractivity contribution in [1.82, 2.24) is 4.57 Å². The number of carboxylic acids is 1. The van der Waals surface area contributed by atoms with Gasteiger partial charge in [0.2, 0.25) is 0 Å². The van der Waals surface area contributed by atoms with Crippen LogP contribution in [0.1, 0.15) is 21.5 Å². The largest absolute Gasteiger partial charge is 0.478 e. The zero-order chi connectivity index (χ0) is 15.7. The Hall–Kier alpha value is -2.88. The summed E-state index contributed by atoms with van der Waals surface area (Å²) >= 11 is 0. The van der Waals surface area contributed by atoms with Crippen molar-refractivity contribution in [3.05, 3.63) is 81.6 Å². The van der Waals surface area contributed by atoms with Gasteiger partial charge in [-0.2, -0.15) is 0 Å². The Morgan fingerprint density at radius 3 is 2.55 bits per heavy atom. The van der Waals surface area contributed by atoms with Crippen molar-refractivity contribution in [2.24, 2.45) is 0 Å². The number of nitrogens with zero attached hydrogens (tertiary/aromatic N) is 1. The van der Waals surface area contributed by atoms with Gasteiger partial charge in [0.05, 0.1) is 17.6 Å². The van der Waals surface area contributed by atoms with Gasteiger partial charge in [0.15, 0.2) is 0 Å². The molecule has 0 saturated heterocycles. The van der Waals surface area contributed by atoms with Crippen LogP contribution in [-0.2, 0) is 6.54 Å². The summed E-state index contributed by atoms with van der Waals surface area (Å²) in [4.78, 5) is 23.7. The molecule has 3 rings (SSSR count). The quantitative estimate of drug-likeness (QED) is 0.807. The third kappa shape index (κ3) is 2.39. The fraction of sp³-hybridized carbons (Fsp3) is 0.111. The fourth-order valence-corrected chi connectivity index (χ4v) is 2.70. The van der Waals surface area contributed by atoms with E-state index in [4.69, 9.17) is 0 Å². The summed E-state index contributed by atoms with van der Waals surface area (Å²) in [6.45, 7) is 2.14. The minimum absolute atomic E-state index is 0.128. The second kappa shape index (κ2) is 5.48. The normalized spacial score (nSPS) is 10.8. The van der Waals surface area contributed by atoms with Crippen LogP contribution in [0.25, 0.3) is 10.9 Å². The van der Waals surface area contributed by atoms with Crippen molar-refractivity contribution in [3.8, 4) is 0 Å². The van der Waals surface area contributed by atoms with Gasteiger partial charge in [-0.3, -0.25) is 4.79 Å². The smallest absolute Gasteiger partial charge is 0.336 e. The topological polar surface area (TPSA) is 59.3 Å². The number of benzene rings is 2. The van der Waals surface area contributed by atoms with Crippen molar-refractivity contribution < 1.29 is 9.90 Å². The van der Waals surface area contributed by atoms with Crippen LogP contribution < -0.4 is 5.56 Å². The van der Waals surface area contributed by atoms with Gasteiger partial charge in [0.25, 0.3) is 5.56 Å². The van der Waals surface area contributed by atoms with Crippen molar-refractivity contribution in [3.63, 3.8) is 0 Å². The molecule has 0 amide bonds. The number of para-hydroxylation sites is 1. The van der Waals surface area contributed by atoms with Gasteiger partial charge in [-0.15, -0.1) is 0 Å². The maximum Gasteiger partial charge on any atom is 0.336 e. The molecule has 1 aromatic heterocycles. The van der Waals surface area contributed by atoms with E-state index in [9.17, 15) is 14.7 Å². The molecule has 0 unspecified atom stereocenters. The Labute approximate surface area is 127 Å². The number of aromatic carboxylic acids is 1. The molecule has 0 spiro atoms. The second-order valence-electron chi connectivity index (χ2n) is 5.23. The average Bonchev–Trinajstić information content (AvgIpc) is 2.51. The zero-order valence-corrected chi connectivity index (χ0v) is 12.1. The highest BCUT2D eigenvalue weighted by Crippen LogP contribution is 2.18. The molecule has 0 atom stereocenters. The summed E-state index contributed by atoms with van der Waals surface area (Å²) in [6, 6.07) is 16.0. The Bertz CT molecular complexity index is 925. The van der Waals surface area contributed by atoms with Crippen molar-refractivity contribution >= 4 is 16.9 Å². The molecular formula is C18H15NO3. The number of rotatable bonds is 3. The van der Waals surface area contributed by atoms with E-state index >= 15 is 0 Å². The first-order chi connectivity index (χ1) is 10.6. The van der Waals surface area contributed by atoms with Crippen LogP contribution >= 0.6 is 0 Å². The van der Waals surface area contributed by atoms with Crippen LogP contribution in [0.3, 0.4) is 0 Å². The number of aryl methyl sites for hydroxylation is 1. The zero-order valence-electron chi connectivity index (χ0n) is 12.1. The van der Waals surface area contributed by atoms with Gasteiger partial charge in [-0.05, 0) is 30.2 Å².